The van der Waals surface area contributed by atoms with Crippen LogP contribution in [0.25, 0.3) is 0 Å². The molecule has 1 aromatic rings. The number of carbonyl (C=O) groups excluding carboxylic acids is 1. The monoisotopic (exact) mass is 386 g/mol. The first kappa shape index (κ1) is 21.6. The first-order valence-corrected chi connectivity index (χ1v) is 9.45. The Bertz CT molecular complexity index is 749. The molecule has 7 heteroatoms. The van der Waals surface area contributed by atoms with Crippen LogP contribution in [0.2, 0.25) is 0 Å². The van der Waals surface area contributed by atoms with Crippen LogP contribution in [-0.4, -0.2) is 63.2 Å². The molecule has 1 unspecified atom stereocenters. The minimum Gasteiger partial charge on any atom is -0.493 e. The van der Waals surface area contributed by atoms with Crippen LogP contribution in [0.15, 0.2) is 30.0 Å². The summed E-state index contributed by atoms with van der Waals surface area (Å²) in [5, 5.41) is 12.6. The molecule has 1 heterocycles. The van der Waals surface area contributed by atoms with E-state index >= 15 is 0 Å². The third-order valence-corrected chi connectivity index (χ3v) is 5.29. The molecule has 152 valence electrons. The van der Waals surface area contributed by atoms with Crippen molar-refractivity contribution in [2.75, 3.05) is 41.4 Å². The molecule has 1 aliphatic rings. The zero-order valence-corrected chi connectivity index (χ0v) is 17.4. The molecular weight excluding hydrogens is 356 g/mol. The van der Waals surface area contributed by atoms with E-state index in [0.29, 0.717) is 11.5 Å². The summed E-state index contributed by atoms with van der Waals surface area (Å²) >= 11 is 0. The largest absolute Gasteiger partial charge is 0.493 e. The topological polar surface area (TPSA) is 77.8 Å². The minimum absolute atomic E-state index is 0.105. The molecule has 2 rings (SSSR count). The van der Waals surface area contributed by atoms with Crippen LogP contribution in [0.3, 0.4) is 0 Å². The number of likely N-dealkylation sites (N-methyl/N-ethyl adjacent to an activating group) is 1. The average molecular weight is 386 g/mol. The molecule has 0 bridgehead atoms. The molecule has 1 amide bonds. The molecule has 0 aliphatic carbocycles. The number of benzene rings is 1. The second-order valence-electron chi connectivity index (χ2n) is 7.12. The maximum Gasteiger partial charge on any atom is 0.265 e. The second kappa shape index (κ2) is 10.00. The highest BCUT2D eigenvalue weighted by Crippen LogP contribution is 2.29. The molecule has 1 aromatic carbocycles. The Morgan fingerprint density at radius 2 is 1.96 bits per heavy atom. The number of hydrogen-bond acceptors (Lipinski definition) is 6. The summed E-state index contributed by atoms with van der Waals surface area (Å²) < 4.78 is 10.6. The summed E-state index contributed by atoms with van der Waals surface area (Å²) in [7, 11) is 7.04. The van der Waals surface area contributed by atoms with Gasteiger partial charge < -0.3 is 24.6 Å². The second-order valence-corrected chi connectivity index (χ2v) is 7.12. The van der Waals surface area contributed by atoms with E-state index in [1.54, 1.807) is 26.2 Å². The van der Waals surface area contributed by atoms with Crippen LogP contribution in [-0.2, 0) is 4.79 Å². The highest BCUT2D eigenvalue weighted by Gasteiger charge is 2.26. The van der Waals surface area contributed by atoms with Gasteiger partial charge in [0, 0.05) is 25.3 Å². The van der Waals surface area contributed by atoms with E-state index in [0.717, 1.165) is 31.5 Å². The number of hydrogen-bond donors (Lipinski definition) is 1. The van der Waals surface area contributed by atoms with Crippen molar-refractivity contribution in [1.82, 2.24) is 15.1 Å². The number of rotatable bonds is 7. The Morgan fingerprint density at radius 1 is 1.32 bits per heavy atom. The highest BCUT2D eigenvalue weighted by atomic mass is 16.5. The normalized spacial score (nSPS) is 16.8. The SMILES string of the molecule is COc1ccc(C(C)N/C=C(/C#N)C(=O)N(C)C2CCN(C)CC2)cc1OC. The lowest BCUT2D eigenvalue weighted by Crippen LogP contribution is -2.45. The number of nitrogens with one attached hydrogen (secondary N) is 1. The number of methoxy groups -OCH3 is 2. The van der Waals surface area contributed by atoms with Crippen molar-refractivity contribution < 1.29 is 14.3 Å². The number of ether oxygens (including phenoxy) is 2. The lowest BCUT2D eigenvalue weighted by molar-refractivity contribution is -0.128. The number of nitriles is 1. The van der Waals surface area contributed by atoms with Gasteiger partial charge in [0.2, 0.25) is 0 Å². The summed E-state index contributed by atoms with van der Waals surface area (Å²) in [5.74, 6) is 1.04. The van der Waals surface area contributed by atoms with Crippen LogP contribution >= 0.6 is 0 Å². The molecule has 0 radical (unpaired) electrons. The van der Waals surface area contributed by atoms with Crippen molar-refractivity contribution in [3.05, 3.63) is 35.5 Å². The first-order chi connectivity index (χ1) is 13.4. The van der Waals surface area contributed by atoms with Gasteiger partial charge in [-0.1, -0.05) is 6.07 Å². The van der Waals surface area contributed by atoms with Crippen LogP contribution in [0, 0.1) is 11.3 Å². The van der Waals surface area contributed by atoms with Gasteiger partial charge in [0.1, 0.15) is 11.6 Å². The van der Waals surface area contributed by atoms with Crippen molar-refractivity contribution in [3.63, 3.8) is 0 Å². The maximum absolute atomic E-state index is 12.7. The molecule has 1 atom stereocenters. The van der Waals surface area contributed by atoms with Crippen molar-refractivity contribution >= 4 is 5.91 Å². The number of nitrogens with zero attached hydrogens (tertiary/aromatic N) is 3. The van der Waals surface area contributed by atoms with Crippen molar-refractivity contribution in [2.24, 2.45) is 0 Å². The van der Waals surface area contributed by atoms with Gasteiger partial charge in [-0.3, -0.25) is 4.79 Å². The third-order valence-electron chi connectivity index (χ3n) is 5.29. The van der Waals surface area contributed by atoms with E-state index in [-0.39, 0.29) is 23.6 Å². The van der Waals surface area contributed by atoms with Gasteiger partial charge in [0.15, 0.2) is 11.5 Å². The predicted molar refractivity (Wildman–Crippen MR) is 108 cm³/mol. The lowest BCUT2D eigenvalue weighted by atomic mass is 10.0. The Morgan fingerprint density at radius 3 is 2.54 bits per heavy atom. The van der Waals surface area contributed by atoms with Crippen molar-refractivity contribution in [2.45, 2.75) is 31.8 Å². The van der Waals surface area contributed by atoms with Gasteiger partial charge >= 0.3 is 0 Å². The molecule has 1 saturated heterocycles. The van der Waals surface area contributed by atoms with E-state index in [9.17, 15) is 10.1 Å². The van der Waals surface area contributed by atoms with E-state index in [2.05, 4.69) is 17.3 Å². The summed E-state index contributed by atoms with van der Waals surface area (Å²) in [4.78, 5) is 16.7. The summed E-state index contributed by atoms with van der Waals surface area (Å²) in [6.07, 6.45) is 3.36. The van der Waals surface area contributed by atoms with Crippen LogP contribution in [0.4, 0.5) is 0 Å². The zero-order valence-electron chi connectivity index (χ0n) is 17.4. The molecule has 0 spiro atoms. The number of carbonyl (C=O) groups is 1. The fourth-order valence-corrected chi connectivity index (χ4v) is 3.31. The van der Waals surface area contributed by atoms with Crippen molar-refractivity contribution in [3.8, 4) is 17.6 Å². The van der Waals surface area contributed by atoms with Crippen LogP contribution in [0.5, 0.6) is 11.5 Å². The molecule has 28 heavy (non-hydrogen) atoms. The quantitative estimate of drug-likeness (QED) is 0.572. The Balaban J connectivity index is 2.05. The highest BCUT2D eigenvalue weighted by molar-refractivity contribution is 5.97. The Kier molecular flexibility index (Phi) is 7.70. The molecule has 1 fully saturated rings. The van der Waals surface area contributed by atoms with E-state index in [1.165, 1.54) is 6.20 Å². The summed E-state index contributed by atoms with van der Waals surface area (Å²) in [6.45, 7) is 3.88. The fraction of sp³-hybridized carbons (Fsp3) is 0.524. The third kappa shape index (κ3) is 5.17. The summed E-state index contributed by atoms with van der Waals surface area (Å²) in [5.41, 5.74) is 1.07. The van der Waals surface area contributed by atoms with Crippen LogP contribution < -0.4 is 14.8 Å². The van der Waals surface area contributed by atoms with Crippen LogP contribution in [0.1, 0.15) is 31.4 Å². The lowest BCUT2D eigenvalue weighted by Gasteiger charge is -2.35. The Hall–Kier alpha value is -2.72. The van der Waals surface area contributed by atoms with E-state index in [4.69, 9.17) is 9.47 Å². The molecular formula is C21H30N4O3. The van der Waals surface area contributed by atoms with Gasteiger partial charge in [-0.05, 0) is 57.6 Å². The minimum atomic E-state index is -0.246. The first-order valence-electron chi connectivity index (χ1n) is 9.45. The molecule has 7 nitrogen and oxygen atoms in total. The van der Waals surface area contributed by atoms with Gasteiger partial charge in [-0.15, -0.1) is 0 Å². The molecule has 1 aliphatic heterocycles. The maximum atomic E-state index is 12.7. The summed E-state index contributed by atoms with van der Waals surface area (Å²) in [6, 6.07) is 7.73. The van der Waals surface area contributed by atoms with Gasteiger partial charge in [-0.25, -0.2) is 0 Å². The Labute approximate surface area is 167 Å². The van der Waals surface area contributed by atoms with Gasteiger partial charge in [-0.2, -0.15) is 5.26 Å². The molecule has 1 N–H and O–H groups in total. The van der Waals surface area contributed by atoms with E-state index in [1.807, 2.05) is 31.2 Å². The average Bonchev–Trinajstić information content (AvgIpc) is 2.73. The fourth-order valence-electron chi connectivity index (χ4n) is 3.31. The van der Waals surface area contributed by atoms with Crippen molar-refractivity contribution in [1.29, 1.82) is 5.26 Å². The number of amides is 1. The smallest absolute Gasteiger partial charge is 0.265 e. The number of piperidine rings is 1. The molecule has 0 aromatic heterocycles. The standard InChI is InChI=1S/C21H30N4O3/c1-15(16-6-7-19(27-4)20(12-16)28-5)23-14-17(13-22)21(26)25(3)18-8-10-24(2)11-9-18/h6-7,12,14-15,18,23H,8-11H2,1-5H3/b17-14-. The molecule has 0 saturated carbocycles. The zero-order chi connectivity index (χ0) is 20.7. The number of likely N-dealkylation sites (tertiary alicyclic amines) is 1. The van der Waals surface area contributed by atoms with Gasteiger partial charge in [0.25, 0.3) is 5.91 Å². The van der Waals surface area contributed by atoms with E-state index < -0.39 is 0 Å². The predicted octanol–water partition coefficient (Wildman–Crippen LogP) is 2.31. The van der Waals surface area contributed by atoms with Gasteiger partial charge in [0.05, 0.1) is 14.2 Å².